The van der Waals surface area contributed by atoms with Crippen molar-refractivity contribution in [2.75, 3.05) is 12.9 Å². The lowest BCUT2D eigenvalue weighted by atomic mass is 10.00. The molecule has 6 rings (SSSR count). The first kappa shape index (κ1) is 30.3. The minimum absolute atomic E-state index is 0.112. The molecular formula is C34H32N6O3S2. The van der Waals surface area contributed by atoms with E-state index in [-0.39, 0.29) is 30.2 Å². The number of hydrogen-bond acceptors (Lipinski definition) is 8. The molecule has 1 N–H and O–H groups in total. The van der Waals surface area contributed by atoms with Gasteiger partial charge in [0.2, 0.25) is 0 Å². The predicted octanol–water partition coefficient (Wildman–Crippen LogP) is 6.10. The van der Waals surface area contributed by atoms with E-state index in [2.05, 4.69) is 46.7 Å². The number of thiophene rings is 1. The van der Waals surface area contributed by atoms with Crippen molar-refractivity contribution in [1.82, 2.24) is 25.1 Å². The third kappa shape index (κ3) is 7.16. The van der Waals surface area contributed by atoms with E-state index in [1.807, 2.05) is 52.4 Å². The minimum Gasteiger partial charge on any atom is -0.497 e. The predicted molar refractivity (Wildman–Crippen MR) is 177 cm³/mol. The summed E-state index contributed by atoms with van der Waals surface area (Å²) in [6, 6.07) is 29.1. The van der Waals surface area contributed by atoms with Crippen LogP contribution in [0.15, 0.2) is 107 Å². The third-order valence-electron chi connectivity index (χ3n) is 7.47. The molecule has 11 heteroatoms. The molecule has 2 amide bonds. The van der Waals surface area contributed by atoms with Gasteiger partial charge in [0.25, 0.3) is 11.8 Å². The van der Waals surface area contributed by atoms with E-state index >= 15 is 0 Å². The van der Waals surface area contributed by atoms with Gasteiger partial charge in [0, 0.05) is 12.0 Å². The van der Waals surface area contributed by atoms with Crippen molar-refractivity contribution < 1.29 is 14.3 Å². The Bertz CT molecular complexity index is 1800. The fourth-order valence-corrected chi connectivity index (χ4v) is 6.61. The summed E-state index contributed by atoms with van der Waals surface area (Å²) in [5.41, 5.74) is 4.67. The van der Waals surface area contributed by atoms with Gasteiger partial charge >= 0.3 is 0 Å². The highest BCUT2D eigenvalue weighted by Crippen LogP contribution is 2.35. The molecule has 0 fully saturated rings. The van der Waals surface area contributed by atoms with Crippen molar-refractivity contribution >= 4 is 40.6 Å². The normalized spacial score (nSPS) is 14.3. The van der Waals surface area contributed by atoms with Crippen molar-refractivity contribution in [3.05, 3.63) is 129 Å². The van der Waals surface area contributed by atoms with Gasteiger partial charge in [0.15, 0.2) is 11.0 Å². The molecule has 0 saturated carbocycles. The number of aryl methyl sites for hydroxylation is 1. The number of hydrazone groups is 1. The maximum Gasteiger partial charge on any atom is 0.253 e. The van der Waals surface area contributed by atoms with E-state index in [0.717, 1.165) is 27.3 Å². The van der Waals surface area contributed by atoms with Gasteiger partial charge in [-0.3, -0.25) is 9.59 Å². The molecule has 3 aromatic carbocycles. The zero-order valence-corrected chi connectivity index (χ0v) is 26.6. The molecule has 228 valence electrons. The average molecular weight is 637 g/mol. The fourth-order valence-electron chi connectivity index (χ4n) is 5.08. The summed E-state index contributed by atoms with van der Waals surface area (Å²) in [5, 5.41) is 20.8. The van der Waals surface area contributed by atoms with Crippen LogP contribution in [0.25, 0.3) is 0 Å². The second-order valence-electron chi connectivity index (χ2n) is 10.6. The lowest BCUT2D eigenvalue weighted by molar-refractivity contribution is -0.130. The first-order chi connectivity index (χ1) is 22.0. The Hall–Kier alpha value is -4.74. The lowest BCUT2D eigenvalue weighted by Gasteiger charge is -2.22. The second-order valence-corrected chi connectivity index (χ2v) is 12.5. The van der Waals surface area contributed by atoms with E-state index in [1.165, 1.54) is 11.8 Å². The summed E-state index contributed by atoms with van der Waals surface area (Å²) in [7, 11) is 1.56. The Morgan fingerprint density at radius 1 is 1.00 bits per heavy atom. The Balaban J connectivity index is 1.20. The van der Waals surface area contributed by atoms with Crippen LogP contribution in [-0.4, -0.2) is 50.2 Å². The Labute approximate surface area is 270 Å². The number of carbonyl (C=O) groups is 2. The number of ether oxygens (including phenoxy) is 1. The first-order valence-corrected chi connectivity index (χ1v) is 16.4. The van der Waals surface area contributed by atoms with Gasteiger partial charge in [-0.15, -0.1) is 21.5 Å². The van der Waals surface area contributed by atoms with Crippen molar-refractivity contribution in [2.24, 2.45) is 5.10 Å². The second kappa shape index (κ2) is 13.9. The molecular weight excluding hydrogens is 605 g/mol. The smallest absolute Gasteiger partial charge is 0.253 e. The summed E-state index contributed by atoms with van der Waals surface area (Å²) >= 11 is 2.94. The van der Waals surface area contributed by atoms with Crippen LogP contribution in [0.4, 0.5) is 0 Å². The zero-order valence-electron chi connectivity index (χ0n) is 24.9. The summed E-state index contributed by atoms with van der Waals surface area (Å²) in [5.74, 6) is 0.962. The van der Waals surface area contributed by atoms with Crippen molar-refractivity contribution in [3.63, 3.8) is 0 Å². The fraction of sp³-hybridized carbons (Fsp3) is 0.206. The molecule has 0 saturated heterocycles. The molecule has 9 nitrogen and oxygen atoms in total. The van der Waals surface area contributed by atoms with Gasteiger partial charge in [-0.2, -0.15) is 5.10 Å². The maximum absolute atomic E-state index is 13.8. The molecule has 1 unspecified atom stereocenters. The average Bonchev–Trinajstić information content (AvgIpc) is 3.84. The van der Waals surface area contributed by atoms with Gasteiger partial charge in [0.1, 0.15) is 5.75 Å². The van der Waals surface area contributed by atoms with Gasteiger partial charge in [-0.05, 0) is 47.7 Å². The van der Waals surface area contributed by atoms with Gasteiger partial charge in [0.05, 0.1) is 42.6 Å². The monoisotopic (exact) mass is 636 g/mol. The zero-order chi connectivity index (χ0) is 31.2. The van der Waals surface area contributed by atoms with Crippen LogP contribution < -0.4 is 10.1 Å². The summed E-state index contributed by atoms with van der Waals surface area (Å²) in [4.78, 5) is 27.7. The van der Waals surface area contributed by atoms with Crippen LogP contribution in [0.2, 0.25) is 0 Å². The molecule has 1 aliphatic heterocycles. The number of nitrogens with zero attached hydrogens (tertiary/aromatic N) is 5. The number of carbonyl (C=O) groups excluding carboxylic acids is 2. The van der Waals surface area contributed by atoms with Crippen molar-refractivity contribution in [2.45, 2.75) is 37.6 Å². The van der Waals surface area contributed by atoms with Crippen LogP contribution in [0.3, 0.4) is 0 Å². The molecule has 0 spiro atoms. The van der Waals surface area contributed by atoms with Crippen LogP contribution in [0.1, 0.15) is 50.2 Å². The standard InChI is InChI=1S/C34H32N6O3S2/c1-23-13-15-25(16-14-23)29-19-28(30-12-7-17-44-30)38-40(29)32(41)22-45-34-37-36-31(39(34)21-24-8-4-3-5-9-24)20-35-33(42)26-10-6-11-27(18-26)43-2/h3-18,29H,19-22H2,1-2H3,(H,35,42). The molecule has 5 aromatic rings. The third-order valence-corrected chi connectivity index (χ3v) is 9.34. The largest absolute Gasteiger partial charge is 0.497 e. The highest BCUT2D eigenvalue weighted by Gasteiger charge is 2.33. The molecule has 0 radical (unpaired) electrons. The number of rotatable bonds is 11. The number of amides is 2. The first-order valence-electron chi connectivity index (χ1n) is 14.5. The molecule has 1 atom stereocenters. The minimum atomic E-state index is -0.247. The molecule has 3 heterocycles. The van der Waals surface area contributed by atoms with Crippen LogP contribution in [0, 0.1) is 6.92 Å². The molecule has 45 heavy (non-hydrogen) atoms. The number of nitrogens with one attached hydrogen (secondary N) is 1. The van der Waals surface area contributed by atoms with Crippen molar-refractivity contribution in [3.8, 4) is 5.75 Å². The highest BCUT2D eigenvalue weighted by molar-refractivity contribution is 7.99. The van der Waals surface area contributed by atoms with Gasteiger partial charge in [-0.1, -0.05) is 84.1 Å². The highest BCUT2D eigenvalue weighted by atomic mass is 32.2. The van der Waals surface area contributed by atoms with E-state index in [1.54, 1.807) is 47.7 Å². The van der Waals surface area contributed by atoms with Crippen LogP contribution >= 0.6 is 23.1 Å². The molecule has 0 bridgehead atoms. The molecule has 1 aliphatic rings. The maximum atomic E-state index is 13.8. The van der Waals surface area contributed by atoms with Crippen molar-refractivity contribution in [1.29, 1.82) is 0 Å². The van der Waals surface area contributed by atoms with E-state index in [9.17, 15) is 9.59 Å². The number of hydrogen-bond donors (Lipinski definition) is 1. The Morgan fingerprint density at radius 3 is 2.58 bits per heavy atom. The van der Waals surface area contributed by atoms with Gasteiger partial charge in [-0.25, -0.2) is 5.01 Å². The number of thioether (sulfide) groups is 1. The topological polar surface area (TPSA) is 102 Å². The van der Waals surface area contributed by atoms with E-state index < -0.39 is 0 Å². The number of methoxy groups -OCH3 is 1. The summed E-state index contributed by atoms with van der Waals surface area (Å²) in [6.45, 7) is 2.71. The SMILES string of the molecule is COc1cccc(C(=O)NCc2nnc(SCC(=O)N3N=C(c4cccs4)CC3c3ccc(C)cc3)n2Cc2ccccc2)c1. The van der Waals surface area contributed by atoms with Crippen LogP contribution in [-0.2, 0) is 17.9 Å². The number of aromatic nitrogens is 3. The molecule has 0 aliphatic carbocycles. The molecule has 2 aromatic heterocycles. The van der Waals surface area contributed by atoms with Crippen LogP contribution in [0.5, 0.6) is 5.75 Å². The Morgan fingerprint density at radius 2 is 1.82 bits per heavy atom. The quantitative estimate of drug-likeness (QED) is 0.176. The van der Waals surface area contributed by atoms with E-state index in [4.69, 9.17) is 9.84 Å². The summed E-state index contributed by atoms with van der Waals surface area (Å²) < 4.78 is 7.20. The lowest BCUT2D eigenvalue weighted by Crippen LogP contribution is -2.28. The van der Waals surface area contributed by atoms with Gasteiger partial charge < -0.3 is 14.6 Å². The number of benzene rings is 3. The Kier molecular flexibility index (Phi) is 9.37. The van der Waals surface area contributed by atoms with E-state index in [0.29, 0.717) is 35.3 Å². The summed E-state index contributed by atoms with van der Waals surface area (Å²) in [6.07, 6.45) is 0.654.